The van der Waals surface area contributed by atoms with Crippen LogP contribution in [0.5, 0.6) is 5.75 Å². The maximum atomic E-state index is 13.4. The number of aromatic nitrogens is 2. The zero-order valence-electron chi connectivity index (χ0n) is 19.5. The topological polar surface area (TPSA) is 76.5 Å². The third-order valence-corrected chi connectivity index (χ3v) is 6.23. The minimum atomic E-state index is -0.302. The smallest absolute Gasteiger partial charge is 0.257 e. The van der Waals surface area contributed by atoms with E-state index in [-0.39, 0.29) is 18.0 Å². The molecule has 0 spiro atoms. The fraction of sp³-hybridized carbons (Fsp3) is 0.346. The molecule has 2 heterocycles. The van der Waals surface area contributed by atoms with Gasteiger partial charge >= 0.3 is 0 Å². The van der Waals surface area contributed by atoms with Crippen molar-refractivity contribution in [2.75, 3.05) is 19.0 Å². The lowest BCUT2D eigenvalue weighted by molar-refractivity contribution is -0.116. The first-order valence-electron chi connectivity index (χ1n) is 11.5. The number of aryl methyl sites for hydroxylation is 1. The SMILES string of the molecule is CCCc1nc2c(c(=O)n1CC(=O)Nc1ccc(OC)c(Cl)c1)CCN(Cc1ccccc1)C2. The second kappa shape index (κ2) is 10.8. The number of benzene rings is 2. The largest absolute Gasteiger partial charge is 0.495 e. The van der Waals surface area contributed by atoms with Crippen LogP contribution in [0.15, 0.2) is 53.3 Å². The Balaban J connectivity index is 1.53. The van der Waals surface area contributed by atoms with E-state index in [0.717, 1.165) is 25.2 Å². The van der Waals surface area contributed by atoms with E-state index in [2.05, 4.69) is 22.3 Å². The normalized spacial score (nSPS) is 13.4. The first-order valence-corrected chi connectivity index (χ1v) is 11.9. The minimum absolute atomic E-state index is 0.0914. The van der Waals surface area contributed by atoms with Gasteiger partial charge in [0.15, 0.2) is 0 Å². The van der Waals surface area contributed by atoms with Crippen LogP contribution in [0, 0.1) is 0 Å². The summed E-state index contributed by atoms with van der Waals surface area (Å²) in [5.41, 5.74) is 3.21. The highest BCUT2D eigenvalue weighted by Gasteiger charge is 2.24. The number of carbonyl (C=O) groups is 1. The number of nitrogens with one attached hydrogen (secondary N) is 1. The number of hydrogen-bond donors (Lipinski definition) is 1. The molecule has 0 fully saturated rings. The minimum Gasteiger partial charge on any atom is -0.495 e. The van der Waals surface area contributed by atoms with Gasteiger partial charge in [0.1, 0.15) is 18.1 Å². The van der Waals surface area contributed by atoms with Gasteiger partial charge in [0, 0.05) is 37.3 Å². The monoisotopic (exact) mass is 480 g/mol. The van der Waals surface area contributed by atoms with E-state index in [1.807, 2.05) is 25.1 Å². The van der Waals surface area contributed by atoms with Crippen LogP contribution in [0.3, 0.4) is 0 Å². The van der Waals surface area contributed by atoms with Crippen molar-refractivity contribution in [1.29, 1.82) is 0 Å². The molecule has 7 nitrogen and oxygen atoms in total. The molecule has 1 N–H and O–H groups in total. The fourth-order valence-corrected chi connectivity index (χ4v) is 4.53. The average Bonchev–Trinajstić information content (AvgIpc) is 2.82. The molecule has 34 heavy (non-hydrogen) atoms. The summed E-state index contributed by atoms with van der Waals surface area (Å²) >= 11 is 6.16. The number of amides is 1. The van der Waals surface area contributed by atoms with Gasteiger partial charge in [-0.25, -0.2) is 4.98 Å². The molecular weight excluding hydrogens is 452 g/mol. The third-order valence-electron chi connectivity index (χ3n) is 5.94. The Morgan fingerprint density at radius 1 is 1.21 bits per heavy atom. The van der Waals surface area contributed by atoms with Crippen LogP contribution in [0.25, 0.3) is 0 Å². The van der Waals surface area contributed by atoms with Gasteiger partial charge in [-0.3, -0.25) is 19.1 Å². The highest BCUT2D eigenvalue weighted by atomic mass is 35.5. The van der Waals surface area contributed by atoms with Crippen molar-refractivity contribution < 1.29 is 9.53 Å². The lowest BCUT2D eigenvalue weighted by atomic mass is 10.0. The van der Waals surface area contributed by atoms with Crippen LogP contribution in [0.4, 0.5) is 5.69 Å². The zero-order chi connectivity index (χ0) is 24.1. The highest BCUT2D eigenvalue weighted by Crippen LogP contribution is 2.27. The maximum absolute atomic E-state index is 13.4. The van der Waals surface area contributed by atoms with Gasteiger partial charge in [0.25, 0.3) is 5.56 Å². The summed E-state index contributed by atoms with van der Waals surface area (Å²) < 4.78 is 6.67. The van der Waals surface area contributed by atoms with Crippen LogP contribution < -0.4 is 15.6 Å². The molecule has 2 aromatic carbocycles. The van der Waals surface area contributed by atoms with Gasteiger partial charge in [-0.15, -0.1) is 0 Å². The van der Waals surface area contributed by atoms with Gasteiger partial charge in [0.2, 0.25) is 5.91 Å². The second-order valence-electron chi connectivity index (χ2n) is 8.44. The molecule has 1 amide bonds. The first kappa shape index (κ1) is 24.0. The summed E-state index contributed by atoms with van der Waals surface area (Å²) in [4.78, 5) is 33.4. The summed E-state index contributed by atoms with van der Waals surface area (Å²) in [6.45, 7) is 4.18. The van der Waals surface area contributed by atoms with E-state index >= 15 is 0 Å². The standard InChI is InChI=1S/C26H29ClN4O3/c1-3-7-24-29-22-16-30(15-18-8-5-4-6-9-18)13-12-20(22)26(33)31(24)17-25(32)28-19-10-11-23(34-2)21(27)14-19/h4-6,8-11,14H,3,7,12-13,15-17H2,1-2H3,(H,28,32). The van der Waals surface area contributed by atoms with Gasteiger partial charge in [-0.1, -0.05) is 48.9 Å². The van der Waals surface area contributed by atoms with Gasteiger partial charge in [-0.05, 0) is 36.6 Å². The Kier molecular flexibility index (Phi) is 7.65. The summed E-state index contributed by atoms with van der Waals surface area (Å²) in [6.07, 6.45) is 2.08. The van der Waals surface area contributed by atoms with E-state index in [1.54, 1.807) is 18.2 Å². The molecule has 0 saturated heterocycles. The van der Waals surface area contributed by atoms with E-state index in [4.69, 9.17) is 21.3 Å². The van der Waals surface area contributed by atoms with Crippen molar-refractivity contribution >= 4 is 23.2 Å². The average molecular weight is 481 g/mol. The molecule has 4 rings (SSSR count). The number of hydrogen-bond acceptors (Lipinski definition) is 5. The summed E-state index contributed by atoms with van der Waals surface area (Å²) in [7, 11) is 1.53. The quantitative estimate of drug-likeness (QED) is 0.526. The van der Waals surface area contributed by atoms with Crippen LogP contribution in [0.2, 0.25) is 5.02 Å². The fourth-order valence-electron chi connectivity index (χ4n) is 4.27. The molecule has 0 radical (unpaired) electrons. The Hall–Kier alpha value is -3.16. The van der Waals surface area contributed by atoms with E-state index < -0.39 is 0 Å². The lowest BCUT2D eigenvalue weighted by Gasteiger charge is -2.29. The van der Waals surface area contributed by atoms with Crippen LogP contribution >= 0.6 is 11.6 Å². The Labute approximate surface area is 204 Å². The van der Waals surface area contributed by atoms with Gasteiger partial charge in [-0.2, -0.15) is 0 Å². The molecular formula is C26H29ClN4O3. The summed E-state index contributed by atoms with van der Waals surface area (Å²) in [6, 6.07) is 15.3. The van der Waals surface area contributed by atoms with Crippen molar-refractivity contribution in [1.82, 2.24) is 14.5 Å². The van der Waals surface area contributed by atoms with E-state index in [1.165, 1.54) is 17.2 Å². The molecule has 1 aliphatic heterocycles. The van der Waals surface area contributed by atoms with Gasteiger partial charge in [0.05, 0.1) is 17.8 Å². The maximum Gasteiger partial charge on any atom is 0.257 e. The van der Waals surface area contributed by atoms with Crippen molar-refractivity contribution in [2.45, 2.75) is 45.8 Å². The van der Waals surface area contributed by atoms with E-state index in [9.17, 15) is 9.59 Å². The second-order valence-corrected chi connectivity index (χ2v) is 8.85. The number of carbonyl (C=O) groups excluding carboxylic acids is 1. The number of anilines is 1. The molecule has 0 unspecified atom stereocenters. The first-order chi connectivity index (χ1) is 16.5. The Bertz CT molecular complexity index is 1230. The molecule has 0 atom stereocenters. The van der Waals surface area contributed by atoms with Crippen molar-refractivity contribution in [2.24, 2.45) is 0 Å². The zero-order valence-corrected chi connectivity index (χ0v) is 20.3. The molecule has 0 saturated carbocycles. The van der Waals surface area contributed by atoms with Crippen molar-refractivity contribution in [3.8, 4) is 5.75 Å². The molecule has 0 bridgehead atoms. The predicted molar refractivity (Wildman–Crippen MR) is 133 cm³/mol. The number of nitrogens with zero attached hydrogens (tertiary/aromatic N) is 3. The third kappa shape index (κ3) is 5.48. The van der Waals surface area contributed by atoms with Crippen molar-refractivity contribution in [3.63, 3.8) is 0 Å². The van der Waals surface area contributed by atoms with Gasteiger partial charge < -0.3 is 10.1 Å². The molecule has 1 aromatic heterocycles. The Morgan fingerprint density at radius 3 is 2.71 bits per heavy atom. The molecule has 178 valence electrons. The summed E-state index contributed by atoms with van der Waals surface area (Å²) in [5, 5.41) is 3.22. The molecule has 1 aliphatic rings. The molecule has 3 aromatic rings. The molecule has 0 aliphatic carbocycles. The molecule has 8 heteroatoms. The number of methoxy groups -OCH3 is 1. The van der Waals surface area contributed by atoms with Crippen LogP contribution in [-0.2, 0) is 37.3 Å². The number of ether oxygens (including phenoxy) is 1. The van der Waals surface area contributed by atoms with Crippen LogP contribution in [-0.4, -0.2) is 34.0 Å². The Morgan fingerprint density at radius 2 is 2.00 bits per heavy atom. The number of halogens is 1. The summed E-state index contributed by atoms with van der Waals surface area (Å²) in [5.74, 6) is 0.876. The van der Waals surface area contributed by atoms with Crippen LogP contribution in [0.1, 0.15) is 36.0 Å². The highest BCUT2D eigenvalue weighted by molar-refractivity contribution is 6.32. The lowest BCUT2D eigenvalue weighted by Crippen LogP contribution is -2.40. The predicted octanol–water partition coefficient (Wildman–Crippen LogP) is 4.05. The van der Waals surface area contributed by atoms with Crippen molar-refractivity contribution in [3.05, 3.63) is 86.6 Å². The number of rotatable bonds is 8. The number of fused-ring (bicyclic) bond motifs is 1. The van der Waals surface area contributed by atoms with E-state index in [0.29, 0.717) is 47.2 Å².